The Labute approximate surface area is 65.2 Å². The molecule has 0 spiro atoms. The van der Waals surface area contributed by atoms with Crippen LogP contribution < -0.4 is 16.0 Å². The van der Waals surface area contributed by atoms with Gasteiger partial charge < -0.3 is 0 Å². The molecule has 6 nitrogen and oxygen atoms in total. The fourth-order valence-electron chi connectivity index (χ4n) is 0.500. The van der Waals surface area contributed by atoms with E-state index in [1.54, 1.807) is 0 Å². The van der Waals surface area contributed by atoms with Crippen molar-refractivity contribution in [3.63, 3.8) is 0 Å². The summed E-state index contributed by atoms with van der Waals surface area (Å²) >= 11 is 0. The molecule has 0 aromatic rings. The summed E-state index contributed by atoms with van der Waals surface area (Å²) in [5.74, 6) is 4.18. The number of carbonyl (C=O) groups excluding carboxylic acids is 1. The summed E-state index contributed by atoms with van der Waals surface area (Å²) in [4.78, 5) is 10.6. The summed E-state index contributed by atoms with van der Waals surface area (Å²) < 4.78 is 23.1. The highest BCUT2D eigenvalue weighted by molar-refractivity contribution is 7.88. The van der Waals surface area contributed by atoms with E-state index in [1.807, 2.05) is 10.1 Å². The second-order valence-corrected chi connectivity index (χ2v) is 3.90. The summed E-state index contributed by atoms with van der Waals surface area (Å²) in [5, 5.41) is 0. The third-order valence-corrected chi connectivity index (χ3v) is 1.71. The van der Waals surface area contributed by atoms with Gasteiger partial charge in [0.25, 0.3) is 5.91 Å². The van der Waals surface area contributed by atoms with Crippen LogP contribution in [0.3, 0.4) is 0 Å². The summed E-state index contributed by atoms with van der Waals surface area (Å²) in [5.41, 5.74) is 1.82. The second kappa shape index (κ2) is 3.65. The third-order valence-electron chi connectivity index (χ3n) is 0.926. The van der Waals surface area contributed by atoms with Crippen molar-refractivity contribution in [3.05, 3.63) is 0 Å². The SMILES string of the molecule is C[C@@H](NS(C)(=O)=O)C(=O)NN. The summed E-state index contributed by atoms with van der Waals surface area (Å²) in [7, 11) is -3.34. The first-order chi connectivity index (χ1) is 4.87. The Morgan fingerprint density at radius 3 is 2.27 bits per heavy atom. The van der Waals surface area contributed by atoms with Gasteiger partial charge in [0.1, 0.15) is 0 Å². The van der Waals surface area contributed by atoms with Crippen LogP contribution in [0.15, 0.2) is 0 Å². The molecular weight excluding hydrogens is 170 g/mol. The zero-order valence-corrected chi connectivity index (χ0v) is 7.10. The lowest BCUT2D eigenvalue weighted by molar-refractivity contribution is -0.122. The van der Waals surface area contributed by atoms with Crippen LogP contribution in [0.2, 0.25) is 0 Å². The molecule has 0 heterocycles. The van der Waals surface area contributed by atoms with Gasteiger partial charge in [-0.05, 0) is 6.92 Å². The Balaban J connectivity index is 4.09. The van der Waals surface area contributed by atoms with Crippen molar-refractivity contribution < 1.29 is 13.2 Å². The van der Waals surface area contributed by atoms with Gasteiger partial charge >= 0.3 is 0 Å². The third kappa shape index (κ3) is 4.71. The molecule has 4 N–H and O–H groups in total. The number of sulfonamides is 1. The highest BCUT2D eigenvalue weighted by atomic mass is 32.2. The minimum absolute atomic E-state index is 0.574. The van der Waals surface area contributed by atoms with Crippen molar-refractivity contribution in [2.24, 2.45) is 5.84 Å². The zero-order valence-electron chi connectivity index (χ0n) is 6.29. The van der Waals surface area contributed by atoms with Crippen molar-refractivity contribution in [2.45, 2.75) is 13.0 Å². The molecule has 0 rings (SSSR count). The first-order valence-electron chi connectivity index (χ1n) is 2.84. The monoisotopic (exact) mass is 181 g/mol. The molecule has 0 aromatic heterocycles. The number of hydrogen-bond donors (Lipinski definition) is 3. The highest BCUT2D eigenvalue weighted by Crippen LogP contribution is 1.83. The highest BCUT2D eigenvalue weighted by Gasteiger charge is 2.14. The van der Waals surface area contributed by atoms with Gasteiger partial charge in [0, 0.05) is 0 Å². The maximum atomic E-state index is 10.6. The molecule has 0 fully saturated rings. The lowest BCUT2D eigenvalue weighted by Gasteiger charge is -2.08. The van der Waals surface area contributed by atoms with E-state index in [9.17, 15) is 13.2 Å². The molecule has 1 amide bonds. The Hall–Kier alpha value is -0.660. The summed E-state index contributed by atoms with van der Waals surface area (Å²) in [6.45, 7) is 1.39. The van der Waals surface area contributed by atoms with Gasteiger partial charge in [0.2, 0.25) is 10.0 Å². The van der Waals surface area contributed by atoms with E-state index in [0.717, 1.165) is 6.26 Å². The molecule has 0 unspecified atom stereocenters. The lowest BCUT2D eigenvalue weighted by atomic mass is 10.4. The van der Waals surface area contributed by atoms with Crippen LogP contribution in [0.25, 0.3) is 0 Å². The molecule has 66 valence electrons. The Bertz CT molecular complexity index is 235. The van der Waals surface area contributed by atoms with E-state index in [0.29, 0.717) is 0 Å². The molecule has 0 aromatic carbocycles. The van der Waals surface area contributed by atoms with Crippen LogP contribution in [-0.2, 0) is 14.8 Å². The standard InChI is InChI=1S/C4H11N3O3S/c1-3(4(8)6-5)7-11(2,9)10/h3,7H,5H2,1-2H3,(H,6,8)/t3-/m1/s1. The number of hydrazine groups is 1. The van der Waals surface area contributed by atoms with Crippen molar-refractivity contribution in [3.8, 4) is 0 Å². The number of nitrogens with one attached hydrogen (secondary N) is 2. The molecule has 1 atom stereocenters. The van der Waals surface area contributed by atoms with Crippen molar-refractivity contribution in [1.29, 1.82) is 0 Å². The van der Waals surface area contributed by atoms with Crippen LogP contribution >= 0.6 is 0 Å². The number of hydrogen-bond acceptors (Lipinski definition) is 4. The van der Waals surface area contributed by atoms with Crippen LogP contribution in [-0.4, -0.2) is 26.6 Å². The molecule has 0 saturated heterocycles. The second-order valence-electron chi connectivity index (χ2n) is 2.12. The largest absolute Gasteiger partial charge is 0.293 e. The minimum atomic E-state index is -3.34. The fourth-order valence-corrected chi connectivity index (χ4v) is 1.25. The van der Waals surface area contributed by atoms with Crippen molar-refractivity contribution in [1.82, 2.24) is 10.1 Å². The minimum Gasteiger partial charge on any atom is -0.293 e. The first kappa shape index (κ1) is 10.3. The molecule has 11 heavy (non-hydrogen) atoms. The summed E-state index contributed by atoms with van der Waals surface area (Å²) in [6, 6.07) is -0.838. The Kier molecular flexibility index (Phi) is 3.43. The Morgan fingerprint density at radius 1 is 1.55 bits per heavy atom. The quantitative estimate of drug-likeness (QED) is 0.264. The summed E-state index contributed by atoms with van der Waals surface area (Å²) in [6.07, 6.45) is 0.966. The average Bonchev–Trinajstić information content (AvgIpc) is 1.82. The van der Waals surface area contributed by atoms with E-state index in [4.69, 9.17) is 5.84 Å². The molecule has 0 bridgehead atoms. The van der Waals surface area contributed by atoms with E-state index in [-0.39, 0.29) is 0 Å². The smallest absolute Gasteiger partial charge is 0.251 e. The van der Waals surface area contributed by atoms with E-state index >= 15 is 0 Å². The number of carbonyl (C=O) groups is 1. The normalized spacial score (nSPS) is 14.1. The zero-order chi connectivity index (χ0) is 9.07. The van der Waals surface area contributed by atoms with Crippen LogP contribution in [0, 0.1) is 0 Å². The van der Waals surface area contributed by atoms with Crippen molar-refractivity contribution in [2.75, 3.05) is 6.26 Å². The van der Waals surface area contributed by atoms with Crippen LogP contribution in [0.5, 0.6) is 0 Å². The predicted molar refractivity (Wildman–Crippen MR) is 39.8 cm³/mol. The van der Waals surface area contributed by atoms with E-state index < -0.39 is 22.0 Å². The number of rotatable bonds is 3. The topological polar surface area (TPSA) is 101 Å². The Morgan fingerprint density at radius 2 is 2.00 bits per heavy atom. The van der Waals surface area contributed by atoms with Crippen LogP contribution in [0.4, 0.5) is 0 Å². The number of nitrogens with two attached hydrogens (primary N) is 1. The van der Waals surface area contributed by atoms with Gasteiger partial charge in [-0.1, -0.05) is 0 Å². The van der Waals surface area contributed by atoms with Gasteiger partial charge in [-0.25, -0.2) is 19.0 Å². The van der Waals surface area contributed by atoms with E-state index in [1.165, 1.54) is 6.92 Å². The van der Waals surface area contributed by atoms with Gasteiger partial charge in [0.15, 0.2) is 0 Å². The van der Waals surface area contributed by atoms with Crippen LogP contribution in [0.1, 0.15) is 6.92 Å². The van der Waals surface area contributed by atoms with Gasteiger partial charge in [-0.3, -0.25) is 10.2 Å². The number of amides is 1. The molecular formula is C4H11N3O3S. The molecule has 0 saturated carbocycles. The van der Waals surface area contributed by atoms with Gasteiger partial charge in [0.05, 0.1) is 12.3 Å². The van der Waals surface area contributed by atoms with Gasteiger partial charge in [-0.2, -0.15) is 0 Å². The maximum Gasteiger partial charge on any atom is 0.251 e. The maximum absolute atomic E-state index is 10.6. The molecule has 0 aliphatic rings. The molecule has 0 radical (unpaired) electrons. The predicted octanol–water partition coefficient (Wildman–Crippen LogP) is -2.09. The first-order valence-corrected chi connectivity index (χ1v) is 4.73. The molecule has 0 aliphatic heterocycles. The fraction of sp³-hybridized carbons (Fsp3) is 0.750. The van der Waals surface area contributed by atoms with Gasteiger partial charge in [-0.15, -0.1) is 0 Å². The average molecular weight is 181 g/mol. The molecule has 7 heteroatoms. The van der Waals surface area contributed by atoms with Crippen molar-refractivity contribution >= 4 is 15.9 Å². The van der Waals surface area contributed by atoms with E-state index in [2.05, 4.69) is 0 Å². The molecule has 0 aliphatic carbocycles. The lowest BCUT2D eigenvalue weighted by Crippen LogP contribution is -2.46.